The van der Waals surface area contributed by atoms with Gasteiger partial charge in [0, 0.05) is 7.05 Å². The van der Waals surface area contributed by atoms with Gasteiger partial charge in [-0.25, -0.2) is 9.78 Å². The predicted octanol–water partition coefficient (Wildman–Crippen LogP) is 1.47. The van der Waals surface area contributed by atoms with Crippen LogP contribution >= 0.6 is 27.3 Å². The molecule has 9 heteroatoms. The molecule has 1 aliphatic rings. The van der Waals surface area contributed by atoms with E-state index >= 15 is 0 Å². The van der Waals surface area contributed by atoms with E-state index in [1.54, 1.807) is 13.2 Å². The first-order chi connectivity index (χ1) is 8.99. The molecule has 1 aromatic heterocycles. The molecule has 0 aromatic carbocycles. The van der Waals surface area contributed by atoms with Gasteiger partial charge in [0.25, 0.3) is 0 Å². The number of nitrogens with zero attached hydrogens (tertiary/aromatic N) is 2. The van der Waals surface area contributed by atoms with E-state index in [0.717, 1.165) is 3.79 Å². The summed E-state index contributed by atoms with van der Waals surface area (Å²) < 4.78 is 5.94. The number of carbonyl (C=O) groups is 2. The van der Waals surface area contributed by atoms with Gasteiger partial charge in [-0.2, -0.15) is 0 Å². The number of carbonyl (C=O) groups excluding carboxylic acids is 1. The van der Waals surface area contributed by atoms with E-state index in [1.165, 1.54) is 16.2 Å². The number of thiazole rings is 1. The average molecular weight is 350 g/mol. The highest BCUT2D eigenvalue weighted by Crippen LogP contribution is 2.24. The number of rotatable bonds is 3. The maximum absolute atomic E-state index is 12.0. The molecule has 1 aliphatic heterocycles. The summed E-state index contributed by atoms with van der Waals surface area (Å²) in [6.07, 6.45) is 1.58. The lowest BCUT2D eigenvalue weighted by Crippen LogP contribution is -2.45. The zero-order valence-electron chi connectivity index (χ0n) is 10.00. The Kier molecular flexibility index (Phi) is 4.38. The molecule has 104 valence electrons. The van der Waals surface area contributed by atoms with E-state index in [2.05, 4.69) is 26.2 Å². The van der Waals surface area contributed by atoms with Gasteiger partial charge < -0.3 is 14.7 Å². The highest BCUT2D eigenvalue weighted by atomic mass is 79.9. The minimum absolute atomic E-state index is 0.125. The quantitative estimate of drug-likeness (QED) is 0.861. The van der Waals surface area contributed by atoms with Gasteiger partial charge in [0.15, 0.2) is 5.13 Å². The van der Waals surface area contributed by atoms with Crippen molar-refractivity contribution in [3.63, 3.8) is 0 Å². The van der Waals surface area contributed by atoms with Crippen LogP contribution in [0.25, 0.3) is 0 Å². The third-order valence-corrected chi connectivity index (χ3v) is 4.27. The van der Waals surface area contributed by atoms with Crippen molar-refractivity contribution in [3.05, 3.63) is 9.98 Å². The number of urea groups is 1. The zero-order valence-corrected chi connectivity index (χ0v) is 12.4. The van der Waals surface area contributed by atoms with Crippen molar-refractivity contribution >= 4 is 44.4 Å². The molecule has 1 aromatic rings. The van der Waals surface area contributed by atoms with E-state index < -0.39 is 24.0 Å². The molecule has 19 heavy (non-hydrogen) atoms. The number of anilines is 1. The number of hydrogen-bond acceptors (Lipinski definition) is 5. The van der Waals surface area contributed by atoms with Crippen LogP contribution in [0.1, 0.15) is 0 Å². The molecule has 0 saturated carbocycles. The van der Waals surface area contributed by atoms with Crippen LogP contribution in [-0.2, 0) is 9.53 Å². The second-order valence-electron chi connectivity index (χ2n) is 4.06. The number of amides is 2. The number of likely N-dealkylation sites (N-methyl/N-ethyl adjacent to an activating group) is 1. The first kappa shape index (κ1) is 14.2. The lowest BCUT2D eigenvalue weighted by Gasteiger charge is -2.25. The van der Waals surface area contributed by atoms with Crippen molar-refractivity contribution in [2.45, 2.75) is 6.04 Å². The first-order valence-corrected chi connectivity index (χ1v) is 7.05. The van der Waals surface area contributed by atoms with Crippen LogP contribution in [0.5, 0.6) is 0 Å². The number of aliphatic carboxylic acids is 1. The van der Waals surface area contributed by atoms with Crippen molar-refractivity contribution in [1.82, 2.24) is 9.88 Å². The fourth-order valence-corrected chi connectivity index (χ4v) is 2.90. The molecule has 2 unspecified atom stereocenters. The van der Waals surface area contributed by atoms with Crippen LogP contribution in [0, 0.1) is 5.92 Å². The molecule has 1 saturated heterocycles. The van der Waals surface area contributed by atoms with Crippen molar-refractivity contribution in [2.75, 3.05) is 25.6 Å². The molecule has 2 atom stereocenters. The summed E-state index contributed by atoms with van der Waals surface area (Å²) in [4.78, 5) is 28.4. The first-order valence-electron chi connectivity index (χ1n) is 5.44. The van der Waals surface area contributed by atoms with Crippen molar-refractivity contribution < 1.29 is 19.4 Å². The number of aromatic nitrogens is 1. The molecule has 2 amide bonds. The van der Waals surface area contributed by atoms with E-state index in [9.17, 15) is 9.59 Å². The van der Waals surface area contributed by atoms with E-state index in [-0.39, 0.29) is 13.2 Å². The Hall–Kier alpha value is -1.19. The van der Waals surface area contributed by atoms with Gasteiger partial charge in [-0.15, -0.1) is 0 Å². The van der Waals surface area contributed by atoms with Gasteiger partial charge in [0.1, 0.15) is 5.92 Å². The highest BCUT2D eigenvalue weighted by Gasteiger charge is 2.38. The Morgan fingerprint density at radius 3 is 2.95 bits per heavy atom. The Bertz CT molecular complexity index is 495. The zero-order chi connectivity index (χ0) is 14.0. The molecule has 0 spiro atoms. The van der Waals surface area contributed by atoms with E-state index in [1.807, 2.05) is 0 Å². The van der Waals surface area contributed by atoms with E-state index in [0.29, 0.717) is 5.13 Å². The Morgan fingerprint density at radius 1 is 1.63 bits per heavy atom. The van der Waals surface area contributed by atoms with E-state index in [4.69, 9.17) is 9.84 Å². The Labute approximate surface area is 121 Å². The molecule has 1 fully saturated rings. The fraction of sp³-hybridized carbons (Fsp3) is 0.500. The minimum Gasteiger partial charge on any atom is -0.481 e. The highest BCUT2D eigenvalue weighted by molar-refractivity contribution is 9.11. The maximum atomic E-state index is 12.0. The molecule has 2 N–H and O–H groups in total. The van der Waals surface area contributed by atoms with Gasteiger partial charge in [0.05, 0.1) is 29.2 Å². The summed E-state index contributed by atoms with van der Waals surface area (Å²) >= 11 is 4.53. The van der Waals surface area contributed by atoms with Crippen LogP contribution in [0.4, 0.5) is 9.93 Å². The van der Waals surface area contributed by atoms with Gasteiger partial charge in [-0.3, -0.25) is 10.1 Å². The minimum atomic E-state index is -0.959. The second kappa shape index (κ2) is 5.85. The van der Waals surface area contributed by atoms with Crippen LogP contribution in [-0.4, -0.2) is 53.3 Å². The smallest absolute Gasteiger partial charge is 0.323 e. The predicted molar refractivity (Wildman–Crippen MR) is 72.3 cm³/mol. The molecular weight excluding hydrogens is 338 g/mol. The molecule has 0 radical (unpaired) electrons. The summed E-state index contributed by atoms with van der Waals surface area (Å²) in [6.45, 7) is 0.350. The number of nitrogens with one attached hydrogen (secondary N) is 1. The number of halogens is 1. The molecule has 2 heterocycles. The molecule has 2 rings (SSSR count). The van der Waals surface area contributed by atoms with Crippen LogP contribution in [0.2, 0.25) is 0 Å². The third kappa shape index (κ3) is 3.23. The van der Waals surface area contributed by atoms with Crippen molar-refractivity contribution in [2.24, 2.45) is 5.92 Å². The Morgan fingerprint density at radius 2 is 2.37 bits per heavy atom. The third-order valence-electron chi connectivity index (χ3n) is 2.88. The number of hydrogen-bond donors (Lipinski definition) is 2. The lowest BCUT2D eigenvalue weighted by atomic mass is 10.0. The summed E-state index contributed by atoms with van der Waals surface area (Å²) in [7, 11) is 1.55. The van der Waals surface area contributed by atoms with Crippen LogP contribution < -0.4 is 5.32 Å². The summed E-state index contributed by atoms with van der Waals surface area (Å²) in [5.41, 5.74) is 0. The molecule has 0 bridgehead atoms. The average Bonchev–Trinajstić information content (AvgIpc) is 2.97. The number of carboxylic acid groups (broad SMARTS) is 1. The van der Waals surface area contributed by atoms with Crippen LogP contribution in [0.15, 0.2) is 9.98 Å². The number of ether oxygens (including phenoxy) is 1. The maximum Gasteiger partial charge on any atom is 0.323 e. The topological polar surface area (TPSA) is 91.8 Å². The molecule has 7 nitrogen and oxygen atoms in total. The van der Waals surface area contributed by atoms with Crippen LogP contribution in [0.3, 0.4) is 0 Å². The fourth-order valence-electron chi connectivity index (χ4n) is 1.80. The Balaban J connectivity index is 2.00. The van der Waals surface area contributed by atoms with Gasteiger partial charge in [-0.1, -0.05) is 11.3 Å². The van der Waals surface area contributed by atoms with Gasteiger partial charge >= 0.3 is 12.0 Å². The molecule has 0 aliphatic carbocycles. The standard InChI is InChI=1S/C10H12BrN3O4S/c1-14(6-4-18-3-5(6)8(15)16)10(17)13-9-12-2-7(11)19-9/h2,5-6H,3-4H2,1H3,(H,15,16)(H,12,13,17). The van der Waals surface area contributed by atoms with Crippen molar-refractivity contribution in [1.29, 1.82) is 0 Å². The summed E-state index contributed by atoms with van der Waals surface area (Å²) in [5, 5.41) is 12.1. The van der Waals surface area contributed by atoms with Crippen molar-refractivity contribution in [3.8, 4) is 0 Å². The second-order valence-corrected chi connectivity index (χ2v) is 6.47. The summed E-state index contributed by atoms with van der Waals surface area (Å²) in [6, 6.07) is -0.871. The number of carboxylic acids is 1. The monoisotopic (exact) mass is 349 g/mol. The summed E-state index contributed by atoms with van der Waals surface area (Å²) in [5.74, 6) is -1.65. The molecular formula is C10H12BrN3O4S. The lowest BCUT2D eigenvalue weighted by molar-refractivity contribution is -0.142. The largest absolute Gasteiger partial charge is 0.481 e. The van der Waals surface area contributed by atoms with Gasteiger partial charge in [-0.05, 0) is 15.9 Å². The van der Waals surface area contributed by atoms with Gasteiger partial charge in [0.2, 0.25) is 0 Å². The normalized spacial score (nSPS) is 22.2. The SMILES string of the molecule is CN(C(=O)Nc1ncc(Br)s1)C1COCC1C(=O)O.